The fourth-order valence-corrected chi connectivity index (χ4v) is 3.25. The van der Waals surface area contributed by atoms with Gasteiger partial charge < -0.3 is 14.3 Å². The van der Waals surface area contributed by atoms with Crippen LogP contribution in [0.4, 0.5) is 0 Å². The highest BCUT2D eigenvalue weighted by Crippen LogP contribution is 2.40. The van der Waals surface area contributed by atoms with Gasteiger partial charge in [-0.2, -0.15) is 0 Å². The number of hydrogen-bond donors (Lipinski definition) is 0. The molecule has 5 heteroatoms. The van der Waals surface area contributed by atoms with Gasteiger partial charge in [0.05, 0.1) is 0 Å². The molecular formula is C14H19N3O2. The average Bonchev–Trinajstić information content (AvgIpc) is 3.23. The fraction of sp³-hybridized carbons (Fsp3) is 0.714. The largest absolute Gasteiger partial charge is 0.360 e. The Hall–Kier alpha value is -1.36. The zero-order chi connectivity index (χ0) is 12.8. The van der Waals surface area contributed by atoms with Crippen molar-refractivity contribution >= 4 is 5.91 Å². The minimum absolute atomic E-state index is 0.0596. The Morgan fingerprint density at radius 2 is 1.95 bits per heavy atom. The summed E-state index contributed by atoms with van der Waals surface area (Å²) >= 11 is 0. The van der Waals surface area contributed by atoms with E-state index >= 15 is 0 Å². The standard InChI is InChI=1S/C14H19N3O2/c18-14(12-9-13(19-15-12)10-1-2-10)17-8-7-16-5-3-11(17)4-6-16/h9-11H,1-8H2. The van der Waals surface area contributed by atoms with E-state index in [-0.39, 0.29) is 5.91 Å². The van der Waals surface area contributed by atoms with Crippen LogP contribution in [0.1, 0.15) is 47.8 Å². The third-order valence-corrected chi connectivity index (χ3v) is 4.64. The van der Waals surface area contributed by atoms with Crippen molar-refractivity contribution in [2.24, 2.45) is 0 Å². The molecule has 19 heavy (non-hydrogen) atoms. The Bertz CT molecular complexity index is 487. The van der Waals surface area contributed by atoms with Gasteiger partial charge in [-0.3, -0.25) is 4.79 Å². The summed E-state index contributed by atoms with van der Waals surface area (Å²) in [5.74, 6) is 1.47. The molecule has 0 unspecified atom stereocenters. The van der Waals surface area contributed by atoms with Crippen molar-refractivity contribution in [3.63, 3.8) is 0 Å². The van der Waals surface area contributed by atoms with Gasteiger partial charge in [0.1, 0.15) is 5.76 Å². The number of carbonyl (C=O) groups is 1. The van der Waals surface area contributed by atoms with E-state index < -0.39 is 0 Å². The molecular weight excluding hydrogens is 242 g/mol. The first-order valence-corrected chi connectivity index (χ1v) is 7.31. The normalized spacial score (nSPS) is 30.4. The Morgan fingerprint density at radius 3 is 2.68 bits per heavy atom. The van der Waals surface area contributed by atoms with Crippen LogP contribution in [0.25, 0.3) is 0 Å². The quantitative estimate of drug-likeness (QED) is 0.809. The molecule has 3 saturated heterocycles. The lowest BCUT2D eigenvalue weighted by molar-refractivity contribution is 0.0674. The van der Waals surface area contributed by atoms with Crippen LogP contribution in [0, 0.1) is 0 Å². The highest BCUT2D eigenvalue weighted by molar-refractivity contribution is 5.92. The van der Waals surface area contributed by atoms with E-state index in [0.29, 0.717) is 17.7 Å². The summed E-state index contributed by atoms with van der Waals surface area (Å²) in [6.45, 7) is 4.08. The van der Waals surface area contributed by atoms with E-state index in [9.17, 15) is 4.79 Å². The lowest BCUT2D eigenvalue weighted by Crippen LogP contribution is -2.41. The molecule has 5 rings (SSSR count). The lowest BCUT2D eigenvalue weighted by Gasteiger charge is -2.30. The van der Waals surface area contributed by atoms with Crippen molar-refractivity contribution in [3.05, 3.63) is 17.5 Å². The molecule has 0 N–H and O–H groups in total. The van der Waals surface area contributed by atoms with Gasteiger partial charge in [-0.05, 0) is 25.7 Å². The van der Waals surface area contributed by atoms with Gasteiger partial charge in [0.15, 0.2) is 5.69 Å². The molecule has 3 aliphatic heterocycles. The molecule has 1 aliphatic carbocycles. The summed E-state index contributed by atoms with van der Waals surface area (Å²) in [5, 5.41) is 3.99. The van der Waals surface area contributed by atoms with E-state index in [1.807, 2.05) is 11.0 Å². The number of piperidine rings is 1. The first-order valence-electron chi connectivity index (χ1n) is 7.31. The molecule has 1 aromatic rings. The van der Waals surface area contributed by atoms with Crippen molar-refractivity contribution < 1.29 is 9.32 Å². The first kappa shape index (κ1) is 11.5. The molecule has 2 bridgehead atoms. The maximum Gasteiger partial charge on any atom is 0.276 e. The Kier molecular flexibility index (Phi) is 2.62. The van der Waals surface area contributed by atoms with E-state index in [1.165, 1.54) is 12.8 Å². The smallest absolute Gasteiger partial charge is 0.276 e. The summed E-state index contributed by atoms with van der Waals surface area (Å²) in [4.78, 5) is 17.0. The highest BCUT2D eigenvalue weighted by Gasteiger charge is 2.34. The average molecular weight is 261 g/mol. The summed E-state index contributed by atoms with van der Waals surface area (Å²) in [6, 6.07) is 2.25. The summed E-state index contributed by atoms with van der Waals surface area (Å²) in [7, 11) is 0. The summed E-state index contributed by atoms with van der Waals surface area (Å²) in [6.07, 6.45) is 4.53. The van der Waals surface area contributed by atoms with E-state index in [4.69, 9.17) is 4.52 Å². The molecule has 5 nitrogen and oxygen atoms in total. The number of rotatable bonds is 2. The fourth-order valence-electron chi connectivity index (χ4n) is 3.25. The summed E-state index contributed by atoms with van der Waals surface area (Å²) < 4.78 is 5.30. The van der Waals surface area contributed by atoms with E-state index in [2.05, 4.69) is 10.1 Å². The van der Waals surface area contributed by atoms with Gasteiger partial charge in [0, 0.05) is 44.2 Å². The van der Waals surface area contributed by atoms with Gasteiger partial charge in [-0.15, -0.1) is 0 Å². The van der Waals surface area contributed by atoms with Crippen LogP contribution in [-0.4, -0.2) is 53.1 Å². The topological polar surface area (TPSA) is 49.6 Å². The molecule has 1 amide bonds. The number of nitrogens with zero attached hydrogens (tertiary/aromatic N) is 3. The van der Waals surface area contributed by atoms with Crippen LogP contribution < -0.4 is 0 Å². The molecule has 0 spiro atoms. The predicted octanol–water partition coefficient (Wildman–Crippen LogP) is 1.47. The first-order chi connectivity index (χ1) is 9.31. The second-order valence-corrected chi connectivity index (χ2v) is 5.96. The molecule has 0 radical (unpaired) electrons. The van der Waals surface area contributed by atoms with Crippen molar-refractivity contribution in [3.8, 4) is 0 Å². The van der Waals surface area contributed by atoms with Crippen molar-refractivity contribution in [2.75, 3.05) is 26.2 Å². The number of aromatic nitrogens is 1. The molecule has 0 atom stereocenters. The van der Waals surface area contributed by atoms with Gasteiger partial charge in [-0.25, -0.2) is 0 Å². The Morgan fingerprint density at radius 1 is 1.16 bits per heavy atom. The number of hydrogen-bond acceptors (Lipinski definition) is 4. The molecule has 0 aromatic carbocycles. The van der Waals surface area contributed by atoms with E-state index in [0.717, 1.165) is 44.8 Å². The maximum absolute atomic E-state index is 12.6. The molecule has 4 aliphatic rings. The van der Waals surface area contributed by atoms with Crippen LogP contribution in [-0.2, 0) is 0 Å². The van der Waals surface area contributed by atoms with Crippen LogP contribution in [0.15, 0.2) is 10.6 Å². The second kappa shape index (κ2) is 4.34. The number of carbonyl (C=O) groups excluding carboxylic acids is 1. The molecule has 4 heterocycles. The molecule has 102 valence electrons. The minimum Gasteiger partial charge on any atom is -0.360 e. The predicted molar refractivity (Wildman–Crippen MR) is 69.0 cm³/mol. The monoisotopic (exact) mass is 261 g/mol. The van der Waals surface area contributed by atoms with Gasteiger partial charge in [0.2, 0.25) is 0 Å². The van der Waals surface area contributed by atoms with Crippen LogP contribution in [0.2, 0.25) is 0 Å². The SMILES string of the molecule is O=C(c1cc(C2CC2)on1)N1CCN2CCC1CC2. The maximum atomic E-state index is 12.6. The van der Waals surface area contributed by atoms with Crippen LogP contribution in [0.3, 0.4) is 0 Å². The molecule has 1 saturated carbocycles. The zero-order valence-electron chi connectivity index (χ0n) is 11.0. The minimum atomic E-state index is 0.0596. The van der Waals surface area contributed by atoms with Gasteiger partial charge in [0.25, 0.3) is 5.91 Å². The van der Waals surface area contributed by atoms with Crippen molar-refractivity contribution in [1.29, 1.82) is 0 Å². The van der Waals surface area contributed by atoms with Crippen LogP contribution in [0.5, 0.6) is 0 Å². The van der Waals surface area contributed by atoms with E-state index in [1.54, 1.807) is 0 Å². The molecule has 1 aromatic heterocycles. The van der Waals surface area contributed by atoms with Crippen molar-refractivity contribution in [2.45, 2.75) is 37.6 Å². The Labute approximate surface area is 112 Å². The Balaban J connectivity index is 1.54. The van der Waals surface area contributed by atoms with Gasteiger partial charge in [-0.1, -0.05) is 5.16 Å². The third kappa shape index (κ3) is 2.06. The molecule has 4 fully saturated rings. The lowest BCUT2D eigenvalue weighted by atomic mass is 10.0. The second-order valence-electron chi connectivity index (χ2n) is 5.96. The zero-order valence-corrected chi connectivity index (χ0v) is 11.0. The highest BCUT2D eigenvalue weighted by atomic mass is 16.5. The van der Waals surface area contributed by atoms with Crippen molar-refractivity contribution in [1.82, 2.24) is 15.0 Å². The van der Waals surface area contributed by atoms with Gasteiger partial charge >= 0.3 is 0 Å². The summed E-state index contributed by atoms with van der Waals surface area (Å²) in [5.41, 5.74) is 0.502. The third-order valence-electron chi connectivity index (χ3n) is 4.64. The number of fused-ring (bicyclic) bond motifs is 4. The number of amides is 1. The van der Waals surface area contributed by atoms with Crippen LogP contribution >= 0.6 is 0 Å².